The van der Waals surface area contributed by atoms with Gasteiger partial charge in [-0.2, -0.15) is 0 Å². The van der Waals surface area contributed by atoms with Crippen LogP contribution in [0.25, 0.3) is 22.5 Å². The number of hydrogen-bond acceptors (Lipinski definition) is 15. The first-order chi connectivity index (χ1) is 40.2. The van der Waals surface area contributed by atoms with E-state index in [9.17, 15) is 33.4 Å². The van der Waals surface area contributed by atoms with E-state index in [0.29, 0.717) is 75.4 Å². The van der Waals surface area contributed by atoms with Gasteiger partial charge in [0.05, 0.1) is 55.7 Å². The Hall–Kier alpha value is -8.13. The number of nitrogens with zero attached hydrogens (tertiary/aromatic N) is 3. The number of carbonyl (C=O) groups is 3. The molecule has 2 fully saturated rings. The van der Waals surface area contributed by atoms with Crippen LogP contribution in [0.15, 0.2) is 140 Å². The molecule has 0 aliphatic carbocycles. The molecule has 5 aromatic carbocycles. The van der Waals surface area contributed by atoms with Crippen LogP contribution < -0.4 is 24.3 Å². The minimum atomic E-state index is -1.53. The van der Waals surface area contributed by atoms with E-state index in [-0.39, 0.29) is 81.6 Å². The average Bonchev–Trinajstić information content (AvgIpc) is 1.30. The lowest BCUT2D eigenvalue weighted by Crippen LogP contribution is -2.58. The molecule has 9 rings (SSSR count). The van der Waals surface area contributed by atoms with Gasteiger partial charge in [-0.25, -0.2) is 23.5 Å². The predicted octanol–water partition coefficient (Wildman–Crippen LogP) is 10.7. The summed E-state index contributed by atoms with van der Waals surface area (Å²) in [4.78, 5) is 50.6. The summed E-state index contributed by atoms with van der Waals surface area (Å²) in [7, 11) is 2.94. The number of aromatic nitrogens is 2. The topological polar surface area (TPSA) is 219 Å². The van der Waals surface area contributed by atoms with Gasteiger partial charge in [-0.15, -0.1) is 0 Å². The molecule has 2 saturated heterocycles. The Morgan fingerprint density at radius 1 is 0.619 bits per heavy atom. The van der Waals surface area contributed by atoms with Crippen molar-refractivity contribution in [1.82, 2.24) is 20.2 Å². The van der Waals surface area contributed by atoms with Gasteiger partial charge in [-0.05, 0) is 186 Å². The van der Waals surface area contributed by atoms with E-state index >= 15 is 0 Å². The molecule has 16 nitrogen and oxygen atoms in total. The molecular formula is C66H72F2N4O12. The van der Waals surface area contributed by atoms with E-state index in [0.717, 1.165) is 35.2 Å². The zero-order valence-electron chi connectivity index (χ0n) is 48.1. The molecule has 18 heteroatoms. The largest absolute Gasteiger partial charge is 0.493 e. The number of ketones is 2. The first kappa shape index (κ1) is 61.9. The monoisotopic (exact) mass is 1150 g/mol. The number of carbonyl (C=O) groups excluding carboxylic acids is 3. The first-order valence-corrected chi connectivity index (χ1v) is 27.8. The molecular weight excluding hydrogens is 1080 g/mol. The van der Waals surface area contributed by atoms with Gasteiger partial charge in [0.15, 0.2) is 34.6 Å². The Balaban J connectivity index is 0.000000225. The highest BCUT2D eigenvalue weighted by Gasteiger charge is 2.47. The number of benzene rings is 5. The quantitative estimate of drug-likeness (QED) is 0.0355. The van der Waals surface area contributed by atoms with E-state index in [2.05, 4.69) is 12.2 Å². The number of amides is 1. The number of rotatable bonds is 24. The number of aliphatic hydroxyl groups excluding tert-OH is 2. The molecule has 0 saturated carbocycles. The SMILES string of the molecule is COc1cc(C(=O)CCC(C)(O)c2cc([C@]3(C)CCN3)cc(-c3ccc(F)cc3)n2)ccc1OCCO.COc1cc(C(=O)CCC(C)(O)c2cc([C@]3(C)CCN3C(=O)OCc3ccccc3)cc(-c3ccc(F)cc3)n2)ccc1OCCO. The fourth-order valence-electron chi connectivity index (χ4n) is 9.97. The number of ether oxygens (including phenoxy) is 5. The zero-order valence-corrected chi connectivity index (χ0v) is 48.1. The number of likely N-dealkylation sites (tertiary alicyclic amines) is 1. The Morgan fingerprint density at radius 3 is 1.50 bits per heavy atom. The van der Waals surface area contributed by atoms with Gasteiger partial charge in [-0.1, -0.05) is 30.3 Å². The molecule has 1 amide bonds. The second-order valence-corrected chi connectivity index (χ2v) is 21.8. The van der Waals surface area contributed by atoms with E-state index in [4.69, 9.17) is 43.9 Å². The van der Waals surface area contributed by atoms with Crippen LogP contribution in [0.5, 0.6) is 23.0 Å². The molecule has 4 atom stereocenters. The molecule has 2 aliphatic rings. The maximum Gasteiger partial charge on any atom is 0.410 e. The second kappa shape index (κ2) is 27.1. The van der Waals surface area contributed by atoms with Crippen molar-refractivity contribution in [2.24, 2.45) is 0 Å². The molecule has 442 valence electrons. The van der Waals surface area contributed by atoms with Crippen molar-refractivity contribution >= 4 is 17.7 Å². The Bertz CT molecular complexity index is 3410. The Labute approximate surface area is 488 Å². The van der Waals surface area contributed by atoms with Crippen molar-refractivity contribution < 1.29 is 67.3 Å². The summed E-state index contributed by atoms with van der Waals surface area (Å²) < 4.78 is 54.5. The highest BCUT2D eigenvalue weighted by Crippen LogP contribution is 2.44. The van der Waals surface area contributed by atoms with E-state index in [1.807, 2.05) is 55.5 Å². The molecule has 5 N–H and O–H groups in total. The molecule has 2 unspecified atom stereocenters. The summed E-state index contributed by atoms with van der Waals surface area (Å²) in [5, 5.41) is 44.7. The third-order valence-electron chi connectivity index (χ3n) is 15.6. The van der Waals surface area contributed by atoms with Crippen molar-refractivity contribution in [2.75, 3.05) is 53.7 Å². The fourth-order valence-corrected chi connectivity index (χ4v) is 9.97. The summed E-state index contributed by atoms with van der Waals surface area (Å²) in [6, 6.07) is 38.6. The molecule has 4 heterocycles. The summed E-state index contributed by atoms with van der Waals surface area (Å²) in [5.74, 6) is 0.497. The number of hydrogen-bond donors (Lipinski definition) is 5. The maximum absolute atomic E-state index is 13.8. The fraction of sp³-hybridized carbons (Fsp3) is 0.348. The van der Waals surface area contributed by atoms with Crippen LogP contribution in [0.3, 0.4) is 0 Å². The smallest absolute Gasteiger partial charge is 0.410 e. The average molecular weight is 1150 g/mol. The van der Waals surface area contributed by atoms with Crippen LogP contribution >= 0.6 is 0 Å². The predicted molar refractivity (Wildman–Crippen MR) is 312 cm³/mol. The number of halogens is 2. The number of nitrogens with one attached hydrogen (secondary N) is 1. The highest BCUT2D eigenvalue weighted by molar-refractivity contribution is 5.97. The van der Waals surface area contributed by atoms with Crippen molar-refractivity contribution in [3.8, 4) is 45.5 Å². The van der Waals surface area contributed by atoms with Crippen LogP contribution in [-0.4, -0.2) is 107 Å². The molecule has 2 aromatic heterocycles. The Kier molecular flexibility index (Phi) is 20.0. The van der Waals surface area contributed by atoms with Gasteiger partial charge < -0.3 is 49.4 Å². The van der Waals surface area contributed by atoms with Gasteiger partial charge in [0.25, 0.3) is 0 Å². The van der Waals surface area contributed by atoms with Crippen molar-refractivity contribution in [2.45, 2.75) is 95.1 Å². The van der Waals surface area contributed by atoms with Gasteiger partial charge >= 0.3 is 6.09 Å². The van der Waals surface area contributed by atoms with Gasteiger partial charge in [0, 0.05) is 47.2 Å². The lowest BCUT2D eigenvalue weighted by Gasteiger charge is -2.50. The minimum Gasteiger partial charge on any atom is -0.493 e. The summed E-state index contributed by atoms with van der Waals surface area (Å²) in [5.41, 5.74) is 2.80. The number of Topliss-reactive ketones (excluding diaryl/α,β-unsaturated/α-hetero) is 2. The van der Waals surface area contributed by atoms with E-state index in [1.165, 1.54) is 38.5 Å². The Morgan fingerprint density at radius 2 is 1.08 bits per heavy atom. The normalized spacial score (nSPS) is 17.6. The van der Waals surface area contributed by atoms with Crippen molar-refractivity contribution in [1.29, 1.82) is 0 Å². The number of aliphatic hydroxyl groups is 4. The number of pyridine rings is 2. The van der Waals surface area contributed by atoms with Crippen LogP contribution in [0.4, 0.5) is 13.6 Å². The molecule has 0 radical (unpaired) electrons. The zero-order chi connectivity index (χ0) is 60.2. The van der Waals surface area contributed by atoms with Crippen LogP contribution in [0.1, 0.15) is 115 Å². The third-order valence-corrected chi connectivity index (χ3v) is 15.6. The molecule has 0 spiro atoms. The summed E-state index contributed by atoms with van der Waals surface area (Å²) in [6.07, 6.45) is 1.43. The minimum absolute atomic E-state index is 0.00000790. The van der Waals surface area contributed by atoms with Gasteiger partial charge in [-0.3, -0.25) is 14.5 Å². The molecule has 84 heavy (non-hydrogen) atoms. The molecule has 7 aromatic rings. The maximum atomic E-state index is 13.8. The van der Waals surface area contributed by atoms with E-state index in [1.54, 1.807) is 85.5 Å². The lowest BCUT2D eigenvalue weighted by atomic mass is 9.78. The van der Waals surface area contributed by atoms with Gasteiger partial charge in [0.1, 0.15) is 42.7 Å². The van der Waals surface area contributed by atoms with Crippen LogP contribution in [0, 0.1) is 11.6 Å². The molecule has 2 aliphatic heterocycles. The first-order valence-electron chi connectivity index (χ1n) is 27.8. The summed E-state index contributed by atoms with van der Waals surface area (Å²) >= 11 is 0. The number of methoxy groups -OCH3 is 2. The highest BCUT2D eigenvalue weighted by atomic mass is 19.1. The van der Waals surface area contributed by atoms with Gasteiger partial charge in [0.2, 0.25) is 0 Å². The van der Waals surface area contributed by atoms with Crippen LogP contribution in [0.2, 0.25) is 0 Å². The standard InChI is InChI=1S/C37H39FN2O7.C29H33FN2O5/c1-36(17-18-40(36)35(43)47-24-25-7-5-4-6-8-25)28-22-30(26-9-12-29(38)13-10-26)39-34(23-28)37(2,44)16-15-31(42)27-11-14-32(46-20-19-41)33(21-27)45-3;1-28(12-13-31-28)21-17-23(19-4-7-22(30)8-5-19)32-27(18-21)29(2,35)11-10-24(34)20-6-9-25(37-15-14-33)26(16-20)36-3/h4-14,21-23,41,44H,15-20,24H2,1-3H3;4-9,16-18,31,33,35H,10-15H2,1-3H3/t36-,37?;28-,29?/m00/s1. The molecule has 0 bridgehead atoms. The third kappa shape index (κ3) is 14.8. The summed E-state index contributed by atoms with van der Waals surface area (Å²) in [6.45, 7) is 8.74. The lowest BCUT2D eigenvalue weighted by molar-refractivity contribution is -0.0103. The van der Waals surface area contributed by atoms with Crippen LogP contribution in [-0.2, 0) is 33.6 Å². The van der Waals surface area contributed by atoms with Crippen molar-refractivity contribution in [3.05, 3.63) is 190 Å². The van der Waals surface area contributed by atoms with E-state index < -0.39 is 28.7 Å². The second-order valence-electron chi connectivity index (χ2n) is 21.8. The van der Waals surface area contributed by atoms with Crippen molar-refractivity contribution in [3.63, 3.8) is 0 Å².